The number of rotatable bonds is 4. The number of hydrogen-bond donors (Lipinski definition) is 2. The Balaban J connectivity index is 1.50. The van der Waals surface area contributed by atoms with Gasteiger partial charge in [-0.05, 0) is 54.1 Å². The number of aryl methyl sites for hydroxylation is 2. The van der Waals surface area contributed by atoms with E-state index >= 15 is 0 Å². The van der Waals surface area contributed by atoms with E-state index in [1.54, 1.807) is 0 Å². The van der Waals surface area contributed by atoms with Crippen molar-refractivity contribution in [3.63, 3.8) is 0 Å². The molecule has 2 N–H and O–H groups in total. The lowest BCUT2D eigenvalue weighted by Gasteiger charge is -2.09. The molecule has 3 aromatic rings. The number of benzene rings is 2. The number of H-pyrrole nitrogens is 1. The molecule has 2 heterocycles. The van der Waals surface area contributed by atoms with Gasteiger partial charge in [0.15, 0.2) is 11.5 Å². The van der Waals surface area contributed by atoms with Crippen LogP contribution in [0.25, 0.3) is 10.9 Å². The minimum Gasteiger partial charge on any atom is -0.454 e. The van der Waals surface area contributed by atoms with Gasteiger partial charge in [0.25, 0.3) is 5.56 Å². The van der Waals surface area contributed by atoms with Crippen molar-refractivity contribution in [3.8, 4) is 11.5 Å². The van der Waals surface area contributed by atoms with Gasteiger partial charge >= 0.3 is 0 Å². The first kappa shape index (κ1) is 15.7. The molecular weight excluding hydrogens is 316 g/mol. The van der Waals surface area contributed by atoms with Crippen LogP contribution in [0.4, 0.5) is 0 Å². The summed E-state index contributed by atoms with van der Waals surface area (Å²) in [6.45, 7) is 5.52. The summed E-state index contributed by atoms with van der Waals surface area (Å²) in [4.78, 5) is 15.4. The van der Waals surface area contributed by atoms with Crippen molar-refractivity contribution in [2.24, 2.45) is 0 Å². The molecule has 0 unspecified atom stereocenters. The quantitative estimate of drug-likeness (QED) is 0.768. The summed E-state index contributed by atoms with van der Waals surface area (Å²) in [5.41, 5.74) is 5.00. The Bertz CT molecular complexity index is 1010. The molecular formula is C20H20N2O3. The smallest absolute Gasteiger partial charge is 0.252 e. The highest BCUT2D eigenvalue weighted by Gasteiger charge is 2.13. The molecule has 128 valence electrons. The van der Waals surface area contributed by atoms with Crippen LogP contribution in [0.3, 0.4) is 0 Å². The standard InChI is InChI=1S/C20H20N2O3/c1-12-3-5-15-8-16(20(23)22-19(15)13(12)2)10-21-9-14-4-6-17-18(7-14)25-11-24-17/h3-8,21H,9-11H2,1-2H3,(H,22,23). The van der Waals surface area contributed by atoms with Crippen LogP contribution in [0, 0.1) is 13.8 Å². The van der Waals surface area contributed by atoms with Crippen molar-refractivity contribution in [1.29, 1.82) is 0 Å². The van der Waals surface area contributed by atoms with E-state index in [0.29, 0.717) is 13.1 Å². The molecule has 5 heteroatoms. The van der Waals surface area contributed by atoms with Crippen molar-refractivity contribution in [2.45, 2.75) is 26.9 Å². The monoisotopic (exact) mass is 336 g/mol. The first-order valence-electron chi connectivity index (χ1n) is 8.33. The van der Waals surface area contributed by atoms with Gasteiger partial charge in [-0.25, -0.2) is 0 Å². The average Bonchev–Trinajstić information content (AvgIpc) is 3.07. The Morgan fingerprint density at radius 3 is 2.76 bits per heavy atom. The van der Waals surface area contributed by atoms with E-state index in [4.69, 9.17) is 9.47 Å². The number of aromatic nitrogens is 1. The van der Waals surface area contributed by atoms with Crippen molar-refractivity contribution >= 4 is 10.9 Å². The van der Waals surface area contributed by atoms with Crippen LogP contribution in [0.1, 0.15) is 22.3 Å². The summed E-state index contributed by atoms with van der Waals surface area (Å²) in [6, 6.07) is 12.0. The van der Waals surface area contributed by atoms with Gasteiger partial charge in [-0.15, -0.1) is 0 Å². The third-order valence-corrected chi connectivity index (χ3v) is 4.71. The molecule has 0 saturated carbocycles. The Morgan fingerprint density at radius 2 is 1.88 bits per heavy atom. The molecule has 0 aliphatic carbocycles. The highest BCUT2D eigenvalue weighted by Crippen LogP contribution is 2.32. The fourth-order valence-electron chi connectivity index (χ4n) is 3.09. The second-order valence-corrected chi connectivity index (χ2v) is 6.39. The van der Waals surface area contributed by atoms with Gasteiger partial charge in [0.1, 0.15) is 0 Å². The van der Waals surface area contributed by atoms with Crippen LogP contribution in [-0.4, -0.2) is 11.8 Å². The topological polar surface area (TPSA) is 63.4 Å². The molecule has 0 spiro atoms. The predicted octanol–water partition coefficient (Wildman–Crippen LogP) is 3.16. The molecule has 5 nitrogen and oxygen atoms in total. The number of hydrogen-bond acceptors (Lipinski definition) is 4. The summed E-state index contributed by atoms with van der Waals surface area (Å²) >= 11 is 0. The zero-order chi connectivity index (χ0) is 17.4. The molecule has 0 amide bonds. The highest BCUT2D eigenvalue weighted by atomic mass is 16.7. The number of nitrogens with one attached hydrogen (secondary N) is 2. The number of fused-ring (bicyclic) bond motifs is 2. The average molecular weight is 336 g/mol. The third kappa shape index (κ3) is 2.98. The van der Waals surface area contributed by atoms with Gasteiger partial charge in [-0.1, -0.05) is 18.2 Å². The van der Waals surface area contributed by atoms with Gasteiger partial charge in [0.2, 0.25) is 6.79 Å². The highest BCUT2D eigenvalue weighted by molar-refractivity contribution is 5.83. The summed E-state index contributed by atoms with van der Waals surface area (Å²) in [7, 11) is 0. The van der Waals surface area contributed by atoms with E-state index < -0.39 is 0 Å². The van der Waals surface area contributed by atoms with Gasteiger partial charge in [0, 0.05) is 18.7 Å². The Hall–Kier alpha value is -2.79. The molecule has 0 bridgehead atoms. The van der Waals surface area contributed by atoms with Crippen molar-refractivity contribution in [3.05, 3.63) is 69.0 Å². The van der Waals surface area contributed by atoms with E-state index in [2.05, 4.69) is 22.4 Å². The van der Waals surface area contributed by atoms with E-state index in [1.165, 1.54) is 5.56 Å². The van der Waals surface area contributed by atoms with Crippen LogP contribution in [-0.2, 0) is 13.1 Å². The first-order chi connectivity index (χ1) is 12.1. The van der Waals surface area contributed by atoms with Gasteiger partial charge in [-0.2, -0.15) is 0 Å². The molecule has 4 rings (SSSR count). The predicted molar refractivity (Wildman–Crippen MR) is 97.2 cm³/mol. The Morgan fingerprint density at radius 1 is 1.04 bits per heavy atom. The first-order valence-corrected chi connectivity index (χ1v) is 8.33. The maximum absolute atomic E-state index is 12.4. The third-order valence-electron chi connectivity index (χ3n) is 4.71. The Kier molecular flexibility index (Phi) is 3.93. The van der Waals surface area contributed by atoms with Crippen LogP contribution >= 0.6 is 0 Å². The summed E-state index contributed by atoms with van der Waals surface area (Å²) < 4.78 is 10.7. The maximum atomic E-state index is 12.4. The zero-order valence-corrected chi connectivity index (χ0v) is 14.3. The minimum absolute atomic E-state index is 0.0422. The molecule has 1 aliphatic rings. The number of pyridine rings is 1. The molecule has 1 aromatic heterocycles. The number of ether oxygens (including phenoxy) is 2. The fraction of sp³-hybridized carbons (Fsp3) is 0.250. The molecule has 25 heavy (non-hydrogen) atoms. The lowest BCUT2D eigenvalue weighted by molar-refractivity contribution is 0.174. The van der Waals surface area contributed by atoms with Crippen LogP contribution < -0.4 is 20.3 Å². The van der Waals surface area contributed by atoms with E-state index in [-0.39, 0.29) is 12.4 Å². The van der Waals surface area contributed by atoms with Crippen molar-refractivity contribution in [1.82, 2.24) is 10.3 Å². The Labute approximate surface area is 145 Å². The molecule has 1 aliphatic heterocycles. The van der Waals surface area contributed by atoms with E-state index in [9.17, 15) is 4.79 Å². The fourth-order valence-corrected chi connectivity index (χ4v) is 3.09. The molecule has 0 saturated heterocycles. The van der Waals surface area contributed by atoms with Gasteiger partial charge < -0.3 is 19.8 Å². The molecule has 0 radical (unpaired) electrons. The second kappa shape index (κ2) is 6.26. The van der Waals surface area contributed by atoms with Crippen molar-refractivity contribution in [2.75, 3.05) is 6.79 Å². The van der Waals surface area contributed by atoms with Gasteiger partial charge in [0.05, 0.1) is 5.52 Å². The van der Waals surface area contributed by atoms with Crippen LogP contribution in [0.15, 0.2) is 41.2 Å². The molecule has 2 aromatic carbocycles. The second-order valence-electron chi connectivity index (χ2n) is 6.39. The maximum Gasteiger partial charge on any atom is 0.252 e. The lowest BCUT2D eigenvalue weighted by atomic mass is 10.0. The SMILES string of the molecule is Cc1ccc2cc(CNCc3ccc4c(c3)OCO4)c(=O)[nH]c2c1C. The number of aromatic amines is 1. The molecule has 0 fully saturated rings. The summed E-state index contributed by atoms with van der Waals surface area (Å²) in [5.74, 6) is 1.55. The van der Waals surface area contributed by atoms with Crippen LogP contribution in [0.2, 0.25) is 0 Å². The molecule has 0 atom stereocenters. The summed E-state index contributed by atoms with van der Waals surface area (Å²) in [5, 5.41) is 4.38. The van der Waals surface area contributed by atoms with E-state index in [1.807, 2.05) is 38.1 Å². The zero-order valence-electron chi connectivity index (χ0n) is 14.3. The summed E-state index contributed by atoms with van der Waals surface area (Å²) in [6.07, 6.45) is 0. The largest absolute Gasteiger partial charge is 0.454 e. The van der Waals surface area contributed by atoms with E-state index in [0.717, 1.165) is 39.1 Å². The van der Waals surface area contributed by atoms with Gasteiger partial charge in [-0.3, -0.25) is 4.79 Å². The lowest BCUT2D eigenvalue weighted by Crippen LogP contribution is -2.21. The van der Waals surface area contributed by atoms with Crippen LogP contribution in [0.5, 0.6) is 11.5 Å². The normalized spacial score (nSPS) is 12.7. The van der Waals surface area contributed by atoms with Crippen molar-refractivity contribution < 1.29 is 9.47 Å². The minimum atomic E-state index is -0.0422.